The number of carbonyl (C=O) groups is 2. The van der Waals surface area contributed by atoms with Gasteiger partial charge in [0.2, 0.25) is 5.78 Å². The van der Waals surface area contributed by atoms with E-state index in [0.717, 1.165) is 0 Å². The van der Waals surface area contributed by atoms with Crippen molar-refractivity contribution in [2.45, 2.75) is 6.92 Å². The Hall–Kier alpha value is -3.22. The number of benzene rings is 2. The van der Waals surface area contributed by atoms with E-state index in [0.29, 0.717) is 0 Å². The second kappa shape index (κ2) is 5.70. The molecule has 0 radical (unpaired) electrons. The molecule has 1 aliphatic carbocycles. The van der Waals surface area contributed by atoms with Gasteiger partial charge in [-0.05, 0) is 13.0 Å². The second-order valence-electron chi connectivity index (χ2n) is 5.51. The van der Waals surface area contributed by atoms with Crippen LogP contribution in [-0.4, -0.2) is 43.1 Å². The van der Waals surface area contributed by atoms with Crippen molar-refractivity contribution >= 4 is 11.6 Å². The Labute approximate surface area is 143 Å². The van der Waals surface area contributed by atoms with Gasteiger partial charge >= 0.3 is 0 Å². The summed E-state index contributed by atoms with van der Waals surface area (Å²) in [5.41, 5.74) is -0.209. The van der Waals surface area contributed by atoms with Crippen molar-refractivity contribution in [3.8, 4) is 28.7 Å². The summed E-state index contributed by atoms with van der Waals surface area (Å²) in [5.74, 6) is -1.46. The van der Waals surface area contributed by atoms with Gasteiger partial charge in [0.1, 0.15) is 17.2 Å². The van der Waals surface area contributed by atoms with E-state index in [-0.39, 0.29) is 50.8 Å². The first kappa shape index (κ1) is 16.6. The maximum atomic E-state index is 13.1. The van der Waals surface area contributed by atoms with Gasteiger partial charge in [0.15, 0.2) is 17.3 Å². The van der Waals surface area contributed by atoms with Crippen LogP contribution in [0.25, 0.3) is 0 Å². The Balaban J connectivity index is 2.45. The van der Waals surface area contributed by atoms with E-state index in [1.165, 1.54) is 40.4 Å². The Morgan fingerprint density at radius 3 is 2.00 bits per heavy atom. The number of rotatable bonds is 3. The number of ether oxygens (including phenoxy) is 3. The highest BCUT2D eigenvalue weighted by Gasteiger charge is 2.39. The maximum Gasteiger partial charge on any atom is 0.202 e. The molecule has 3 rings (SSSR count). The van der Waals surface area contributed by atoms with Crippen molar-refractivity contribution in [3.63, 3.8) is 0 Å². The van der Waals surface area contributed by atoms with Gasteiger partial charge in [-0.15, -0.1) is 0 Å². The summed E-state index contributed by atoms with van der Waals surface area (Å²) in [7, 11) is 4.10. The fourth-order valence-electron chi connectivity index (χ4n) is 3.00. The van der Waals surface area contributed by atoms with Gasteiger partial charge in [0.25, 0.3) is 0 Å². The monoisotopic (exact) mass is 344 g/mol. The van der Waals surface area contributed by atoms with E-state index in [4.69, 9.17) is 14.2 Å². The molecule has 7 nitrogen and oxygen atoms in total. The summed E-state index contributed by atoms with van der Waals surface area (Å²) in [5, 5.41) is 20.2. The van der Waals surface area contributed by atoms with Gasteiger partial charge in [-0.3, -0.25) is 9.59 Å². The lowest BCUT2D eigenvalue weighted by Crippen LogP contribution is -2.23. The van der Waals surface area contributed by atoms with Crippen LogP contribution in [0.3, 0.4) is 0 Å². The van der Waals surface area contributed by atoms with Crippen LogP contribution < -0.4 is 14.2 Å². The van der Waals surface area contributed by atoms with Gasteiger partial charge in [0.05, 0.1) is 38.0 Å². The minimum atomic E-state index is -0.612. The average Bonchev–Trinajstić information content (AvgIpc) is 2.61. The van der Waals surface area contributed by atoms with Crippen LogP contribution in [0.1, 0.15) is 37.4 Å². The molecule has 1 aliphatic rings. The summed E-state index contributed by atoms with van der Waals surface area (Å²) in [4.78, 5) is 26.0. The number of phenolic OH excluding ortho intramolecular Hbond substituents is 2. The highest BCUT2D eigenvalue weighted by molar-refractivity contribution is 6.31. The Morgan fingerprint density at radius 1 is 0.800 bits per heavy atom. The fraction of sp³-hybridized carbons (Fsp3) is 0.222. The van der Waals surface area contributed by atoms with Crippen LogP contribution in [0.4, 0.5) is 0 Å². The van der Waals surface area contributed by atoms with Gasteiger partial charge in [0, 0.05) is 17.2 Å². The molecule has 0 aromatic heterocycles. The van der Waals surface area contributed by atoms with Crippen LogP contribution in [0.5, 0.6) is 28.7 Å². The zero-order chi connectivity index (χ0) is 18.5. The van der Waals surface area contributed by atoms with Crippen molar-refractivity contribution in [1.82, 2.24) is 0 Å². The van der Waals surface area contributed by atoms with Crippen LogP contribution in [0.2, 0.25) is 0 Å². The molecule has 0 fully saturated rings. The predicted molar refractivity (Wildman–Crippen MR) is 87.5 cm³/mol. The van der Waals surface area contributed by atoms with Crippen molar-refractivity contribution in [2.24, 2.45) is 0 Å². The maximum absolute atomic E-state index is 13.1. The molecule has 2 aromatic rings. The topological polar surface area (TPSA) is 102 Å². The minimum Gasteiger partial charge on any atom is -0.508 e. The van der Waals surface area contributed by atoms with E-state index in [2.05, 4.69) is 0 Å². The van der Waals surface area contributed by atoms with E-state index in [1.807, 2.05) is 0 Å². The van der Waals surface area contributed by atoms with Gasteiger partial charge in [-0.2, -0.15) is 0 Å². The molecule has 0 saturated heterocycles. The quantitative estimate of drug-likeness (QED) is 0.751. The molecule has 0 aliphatic heterocycles. The zero-order valence-electron chi connectivity index (χ0n) is 14.1. The van der Waals surface area contributed by atoms with Gasteiger partial charge in [-0.1, -0.05) is 0 Å². The van der Waals surface area contributed by atoms with Gasteiger partial charge < -0.3 is 24.4 Å². The van der Waals surface area contributed by atoms with E-state index < -0.39 is 17.3 Å². The summed E-state index contributed by atoms with van der Waals surface area (Å²) in [6, 6.07) is 2.62. The number of aromatic hydroxyl groups is 2. The van der Waals surface area contributed by atoms with Gasteiger partial charge in [-0.25, -0.2) is 0 Å². The molecule has 2 aromatic carbocycles. The van der Waals surface area contributed by atoms with Crippen molar-refractivity contribution in [2.75, 3.05) is 21.3 Å². The Kier molecular flexibility index (Phi) is 3.79. The number of hydrogen-bond acceptors (Lipinski definition) is 7. The molecule has 7 heteroatoms. The molecular weight excluding hydrogens is 328 g/mol. The molecule has 0 atom stereocenters. The smallest absolute Gasteiger partial charge is 0.202 e. The lowest BCUT2D eigenvalue weighted by Gasteiger charge is -2.24. The SMILES string of the molecule is COc1cc(OC)c2c(c1OC)C(=O)c1c(cc(O)c(C)c1O)C2=O. The van der Waals surface area contributed by atoms with E-state index >= 15 is 0 Å². The van der Waals surface area contributed by atoms with Crippen molar-refractivity contribution in [1.29, 1.82) is 0 Å². The molecule has 130 valence electrons. The summed E-state index contributed by atoms with van der Waals surface area (Å²) in [6.07, 6.45) is 0. The molecule has 0 amide bonds. The number of carbonyl (C=O) groups excluding carboxylic acids is 2. The molecule has 0 unspecified atom stereocenters. The van der Waals surface area contributed by atoms with Crippen LogP contribution >= 0.6 is 0 Å². The van der Waals surface area contributed by atoms with Crippen LogP contribution in [-0.2, 0) is 0 Å². The molecule has 0 spiro atoms. The first-order chi connectivity index (χ1) is 11.9. The number of ketones is 2. The summed E-state index contributed by atoms with van der Waals surface area (Å²) in [6.45, 7) is 1.45. The minimum absolute atomic E-state index is 0.000281. The van der Waals surface area contributed by atoms with E-state index in [1.54, 1.807) is 0 Å². The fourth-order valence-corrected chi connectivity index (χ4v) is 3.00. The molecule has 0 bridgehead atoms. The average molecular weight is 344 g/mol. The first-order valence-electron chi connectivity index (χ1n) is 7.35. The van der Waals surface area contributed by atoms with Crippen molar-refractivity contribution in [3.05, 3.63) is 39.9 Å². The normalized spacial score (nSPS) is 12.5. The zero-order valence-corrected chi connectivity index (χ0v) is 14.1. The van der Waals surface area contributed by atoms with Crippen LogP contribution in [0, 0.1) is 6.92 Å². The number of fused-ring (bicyclic) bond motifs is 2. The first-order valence-corrected chi connectivity index (χ1v) is 7.35. The second-order valence-corrected chi connectivity index (χ2v) is 5.51. The Morgan fingerprint density at radius 2 is 1.44 bits per heavy atom. The highest BCUT2D eigenvalue weighted by Crippen LogP contribution is 2.47. The molecule has 0 saturated carbocycles. The third-order valence-corrected chi connectivity index (χ3v) is 4.31. The lowest BCUT2D eigenvalue weighted by molar-refractivity contribution is 0.0970. The number of methoxy groups -OCH3 is 3. The predicted octanol–water partition coefficient (Wildman–Crippen LogP) is 2.21. The molecular formula is C18H16O7. The number of hydrogen-bond donors (Lipinski definition) is 2. The highest BCUT2D eigenvalue weighted by atomic mass is 16.5. The van der Waals surface area contributed by atoms with Crippen molar-refractivity contribution < 1.29 is 34.0 Å². The lowest BCUT2D eigenvalue weighted by atomic mass is 9.81. The number of phenols is 2. The van der Waals surface area contributed by atoms with E-state index in [9.17, 15) is 19.8 Å². The molecule has 0 heterocycles. The Bertz CT molecular complexity index is 928. The largest absolute Gasteiger partial charge is 0.508 e. The molecule has 25 heavy (non-hydrogen) atoms. The summed E-state index contributed by atoms with van der Waals surface area (Å²) < 4.78 is 15.7. The standard InChI is InChI=1S/C18H16O7/c1-7-9(19)5-8-12(15(7)20)17(22)14-13(16(8)21)10(23-2)6-11(24-3)18(14)25-4/h5-6,19-20H,1-4H3. The third-order valence-electron chi connectivity index (χ3n) is 4.31. The summed E-state index contributed by atoms with van der Waals surface area (Å²) >= 11 is 0. The third kappa shape index (κ3) is 2.12. The van der Waals surface area contributed by atoms with Crippen LogP contribution in [0.15, 0.2) is 12.1 Å². The molecule has 2 N–H and O–H groups in total.